The number of ketones is 1. The fourth-order valence-corrected chi connectivity index (χ4v) is 5.58. The van der Waals surface area contributed by atoms with E-state index in [0.29, 0.717) is 47.3 Å². The second-order valence-corrected chi connectivity index (χ2v) is 10.7. The van der Waals surface area contributed by atoms with E-state index in [1.54, 1.807) is 37.3 Å². The standard InChI is InChI=1S/C29H31N3O6S/c1-5-7-12-37-22-11-8-18(15-23(22)36-6-2)25-24(27(34)28(35)32(25)29-31-30-17(4)39-29)26(33)19-9-10-21-20(14-19)13-16(3)38-21/h8-11,14-16,25,33H,5-7,12-13H2,1-4H3/b26-24-. The molecule has 1 saturated heterocycles. The monoisotopic (exact) mass is 549 g/mol. The average Bonchev–Trinajstić information content (AvgIpc) is 3.59. The number of nitrogens with zero attached hydrogens (tertiary/aromatic N) is 3. The van der Waals surface area contributed by atoms with Gasteiger partial charge in [0.1, 0.15) is 22.6 Å². The molecule has 1 amide bonds. The highest BCUT2D eigenvalue weighted by Gasteiger charge is 2.48. The lowest BCUT2D eigenvalue weighted by molar-refractivity contribution is -0.132. The van der Waals surface area contributed by atoms with Crippen molar-refractivity contribution in [1.82, 2.24) is 10.2 Å². The molecule has 10 heteroatoms. The molecule has 2 aliphatic heterocycles. The number of fused-ring (bicyclic) bond motifs is 1. The van der Waals surface area contributed by atoms with Gasteiger partial charge in [-0.1, -0.05) is 30.7 Å². The average molecular weight is 550 g/mol. The molecule has 2 atom stereocenters. The van der Waals surface area contributed by atoms with E-state index in [0.717, 1.165) is 24.2 Å². The first-order valence-electron chi connectivity index (χ1n) is 13.1. The molecule has 39 heavy (non-hydrogen) atoms. The Balaban J connectivity index is 1.64. The van der Waals surface area contributed by atoms with Crippen molar-refractivity contribution in [2.24, 2.45) is 0 Å². The fourth-order valence-electron chi connectivity index (χ4n) is 4.86. The molecule has 2 unspecified atom stereocenters. The van der Waals surface area contributed by atoms with Crippen molar-refractivity contribution >= 4 is 33.9 Å². The number of carbonyl (C=O) groups is 2. The first-order valence-corrected chi connectivity index (χ1v) is 13.9. The molecule has 0 spiro atoms. The van der Waals surface area contributed by atoms with Crippen molar-refractivity contribution in [3.8, 4) is 17.2 Å². The maximum Gasteiger partial charge on any atom is 0.301 e. The molecule has 3 heterocycles. The summed E-state index contributed by atoms with van der Waals surface area (Å²) in [5, 5.41) is 20.7. The number of aryl methyl sites for hydroxylation is 1. The van der Waals surface area contributed by atoms with Crippen LogP contribution >= 0.6 is 11.3 Å². The topological polar surface area (TPSA) is 111 Å². The molecule has 2 aromatic carbocycles. The van der Waals surface area contributed by atoms with Gasteiger partial charge in [-0.3, -0.25) is 14.5 Å². The number of aromatic nitrogens is 2. The normalized spacial score (nSPS) is 19.7. The van der Waals surface area contributed by atoms with Crippen molar-refractivity contribution in [2.75, 3.05) is 18.1 Å². The van der Waals surface area contributed by atoms with Crippen molar-refractivity contribution in [3.05, 3.63) is 63.7 Å². The van der Waals surface area contributed by atoms with Gasteiger partial charge < -0.3 is 19.3 Å². The smallest absolute Gasteiger partial charge is 0.301 e. The second-order valence-electron chi connectivity index (χ2n) is 9.57. The van der Waals surface area contributed by atoms with Crippen LogP contribution in [0.25, 0.3) is 5.76 Å². The highest BCUT2D eigenvalue weighted by atomic mass is 32.1. The maximum atomic E-state index is 13.5. The molecule has 0 aliphatic carbocycles. The molecule has 0 radical (unpaired) electrons. The van der Waals surface area contributed by atoms with Crippen LogP contribution in [-0.4, -0.2) is 46.3 Å². The molecule has 1 fully saturated rings. The van der Waals surface area contributed by atoms with Gasteiger partial charge in [0.2, 0.25) is 5.13 Å². The zero-order valence-electron chi connectivity index (χ0n) is 22.4. The summed E-state index contributed by atoms with van der Waals surface area (Å²) in [7, 11) is 0. The third-order valence-corrected chi connectivity index (χ3v) is 7.51. The van der Waals surface area contributed by atoms with Crippen molar-refractivity contribution < 1.29 is 28.9 Å². The Morgan fingerprint density at radius 2 is 1.95 bits per heavy atom. The summed E-state index contributed by atoms with van der Waals surface area (Å²) >= 11 is 1.20. The van der Waals surface area contributed by atoms with Gasteiger partial charge >= 0.3 is 5.91 Å². The number of anilines is 1. The number of Topliss-reactive ketones (excluding diaryl/α,β-unsaturated/α-hetero) is 1. The molecule has 0 bridgehead atoms. The second kappa shape index (κ2) is 11.1. The van der Waals surface area contributed by atoms with Crippen LogP contribution < -0.4 is 19.1 Å². The third-order valence-electron chi connectivity index (χ3n) is 6.67. The van der Waals surface area contributed by atoms with Crippen LogP contribution in [0.3, 0.4) is 0 Å². The lowest BCUT2D eigenvalue weighted by atomic mass is 9.94. The number of carbonyl (C=O) groups excluding carboxylic acids is 2. The summed E-state index contributed by atoms with van der Waals surface area (Å²) in [5.74, 6) is -0.0147. The number of hydrogen-bond donors (Lipinski definition) is 1. The number of ether oxygens (including phenoxy) is 3. The van der Waals surface area contributed by atoms with Crippen LogP contribution in [0.1, 0.15) is 61.4 Å². The first-order chi connectivity index (χ1) is 18.8. The molecule has 9 nitrogen and oxygen atoms in total. The third kappa shape index (κ3) is 5.08. The molecule has 0 saturated carbocycles. The summed E-state index contributed by atoms with van der Waals surface area (Å²) in [6.45, 7) is 8.65. The lowest BCUT2D eigenvalue weighted by Crippen LogP contribution is -2.29. The van der Waals surface area contributed by atoms with Crippen LogP contribution in [0.4, 0.5) is 5.13 Å². The predicted octanol–water partition coefficient (Wildman–Crippen LogP) is 5.37. The number of amides is 1. The van der Waals surface area contributed by atoms with Gasteiger partial charge in [-0.15, -0.1) is 10.2 Å². The highest BCUT2D eigenvalue weighted by Crippen LogP contribution is 2.45. The lowest BCUT2D eigenvalue weighted by Gasteiger charge is -2.23. The van der Waals surface area contributed by atoms with Gasteiger partial charge in [-0.05, 0) is 68.7 Å². The number of aliphatic hydroxyl groups excluding tert-OH is 1. The molecule has 1 aromatic heterocycles. The minimum absolute atomic E-state index is 0.0260. The Labute approximate surface area is 231 Å². The van der Waals surface area contributed by atoms with Gasteiger partial charge in [0.05, 0.1) is 24.8 Å². The van der Waals surface area contributed by atoms with Crippen LogP contribution in [0.15, 0.2) is 42.0 Å². The van der Waals surface area contributed by atoms with E-state index in [4.69, 9.17) is 14.2 Å². The largest absolute Gasteiger partial charge is 0.507 e. The van der Waals surface area contributed by atoms with Gasteiger partial charge in [-0.25, -0.2) is 0 Å². The Kier molecular flexibility index (Phi) is 7.56. The van der Waals surface area contributed by atoms with Crippen LogP contribution in [0.5, 0.6) is 17.2 Å². The minimum atomic E-state index is -0.940. The summed E-state index contributed by atoms with van der Waals surface area (Å²) in [6.07, 6.45) is 2.61. The van der Waals surface area contributed by atoms with E-state index in [2.05, 4.69) is 17.1 Å². The van der Waals surface area contributed by atoms with E-state index < -0.39 is 17.7 Å². The van der Waals surface area contributed by atoms with E-state index in [1.165, 1.54) is 16.2 Å². The summed E-state index contributed by atoms with van der Waals surface area (Å²) in [6, 6.07) is 9.66. The van der Waals surface area contributed by atoms with Gasteiger partial charge in [-0.2, -0.15) is 0 Å². The van der Waals surface area contributed by atoms with Gasteiger partial charge in [0.25, 0.3) is 5.78 Å². The number of aliphatic hydroxyl groups is 1. The fraction of sp³-hybridized carbons (Fsp3) is 0.379. The molecule has 204 valence electrons. The maximum absolute atomic E-state index is 13.5. The highest BCUT2D eigenvalue weighted by molar-refractivity contribution is 7.15. The van der Waals surface area contributed by atoms with Crippen LogP contribution in [0.2, 0.25) is 0 Å². The summed E-state index contributed by atoms with van der Waals surface area (Å²) < 4.78 is 17.6. The zero-order chi connectivity index (χ0) is 27.7. The molecule has 3 aromatic rings. The number of benzene rings is 2. The van der Waals surface area contributed by atoms with Crippen LogP contribution in [0, 0.1) is 6.92 Å². The Morgan fingerprint density at radius 1 is 1.13 bits per heavy atom. The predicted molar refractivity (Wildman–Crippen MR) is 148 cm³/mol. The molecule has 1 N–H and O–H groups in total. The van der Waals surface area contributed by atoms with Crippen molar-refractivity contribution in [2.45, 2.75) is 59.1 Å². The Hall–Kier alpha value is -3.92. The minimum Gasteiger partial charge on any atom is -0.507 e. The molecule has 2 aliphatic rings. The number of unbranched alkanes of at least 4 members (excludes halogenated alkanes) is 1. The van der Waals surface area contributed by atoms with Gasteiger partial charge in [0.15, 0.2) is 11.5 Å². The van der Waals surface area contributed by atoms with Crippen molar-refractivity contribution in [3.63, 3.8) is 0 Å². The Morgan fingerprint density at radius 3 is 2.67 bits per heavy atom. The van der Waals surface area contributed by atoms with Crippen molar-refractivity contribution in [1.29, 1.82) is 0 Å². The summed E-state index contributed by atoms with van der Waals surface area (Å²) in [5.41, 5.74) is 1.92. The quantitative estimate of drug-likeness (QED) is 0.164. The molecular weight excluding hydrogens is 518 g/mol. The number of hydrogen-bond acceptors (Lipinski definition) is 9. The first kappa shape index (κ1) is 26.7. The van der Waals surface area contributed by atoms with Gasteiger partial charge in [0, 0.05) is 12.0 Å². The van der Waals surface area contributed by atoms with E-state index in [1.807, 2.05) is 19.9 Å². The Bertz CT molecular complexity index is 1450. The van der Waals surface area contributed by atoms with Crippen LogP contribution in [-0.2, 0) is 16.0 Å². The van der Waals surface area contributed by atoms with E-state index in [-0.39, 0.29) is 22.6 Å². The summed E-state index contributed by atoms with van der Waals surface area (Å²) in [4.78, 5) is 28.2. The van der Waals surface area contributed by atoms with E-state index >= 15 is 0 Å². The van der Waals surface area contributed by atoms with E-state index in [9.17, 15) is 14.7 Å². The SMILES string of the molecule is CCCCOc1ccc(C2/C(=C(/O)c3ccc4c(c3)CC(C)O4)C(=O)C(=O)N2c2nnc(C)s2)cc1OCC. The molecule has 5 rings (SSSR count). The zero-order valence-corrected chi connectivity index (χ0v) is 23.2. The molecular formula is C29H31N3O6S. The number of rotatable bonds is 9.